The lowest BCUT2D eigenvalue weighted by Crippen LogP contribution is -2.24. The maximum Gasteiger partial charge on any atom is 0.252 e. The van der Waals surface area contributed by atoms with Crippen molar-refractivity contribution in [3.63, 3.8) is 0 Å². The molecule has 0 atom stereocenters. The van der Waals surface area contributed by atoms with Gasteiger partial charge in [-0.2, -0.15) is 5.10 Å². The Hall–Kier alpha value is -1.69. The van der Waals surface area contributed by atoms with E-state index < -0.39 is 5.82 Å². The summed E-state index contributed by atoms with van der Waals surface area (Å²) in [6.45, 7) is 4.21. The molecule has 0 saturated heterocycles. The largest absolute Gasteiger partial charge is 0.348 e. The number of amides is 1. The first kappa shape index (κ1) is 14.7. The van der Waals surface area contributed by atoms with Gasteiger partial charge in [0.2, 0.25) is 0 Å². The number of nitrogens with one attached hydrogen (secondary N) is 1. The molecule has 0 radical (unpaired) electrons. The Balaban J connectivity index is 2.15. The van der Waals surface area contributed by atoms with E-state index in [-0.39, 0.29) is 11.5 Å². The number of benzene rings is 1. The fraction of sp³-hybridized carbons (Fsp3) is 0.286. The Kier molecular flexibility index (Phi) is 4.23. The number of halogens is 2. The molecule has 0 aliphatic heterocycles. The molecule has 2 rings (SSSR count). The van der Waals surface area contributed by atoms with E-state index in [9.17, 15) is 9.18 Å². The van der Waals surface area contributed by atoms with Crippen molar-refractivity contribution in [1.29, 1.82) is 0 Å². The van der Waals surface area contributed by atoms with E-state index >= 15 is 0 Å². The molecule has 1 aromatic carbocycles. The van der Waals surface area contributed by atoms with Crippen LogP contribution in [0.3, 0.4) is 0 Å². The van der Waals surface area contributed by atoms with Gasteiger partial charge < -0.3 is 5.32 Å². The fourth-order valence-electron chi connectivity index (χ4n) is 2.01. The summed E-state index contributed by atoms with van der Waals surface area (Å²) in [5, 5.41) is 7.08. The van der Waals surface area contributed by atoms with Crippen LogP contribution >= 0.6 is 15.9 Å². The minimum absolute atomic E-state index is 0.282. The quantitative estimate of drug-likeness (QED) is 0.934. The maximum atomic E-state index is 13.2. The molecule has 0 spiro atoms. The molecular formula is C14H15BrFN3O. The van der Waals surface area contributed by atoms with E-state index in [2.05, 4.69) is 26.3 Å². The van der Waals surface area contributed by atoms with Crippen LogP contribution in [-0.2, 0) is 13.6 Å². The predicted octanol–water partition coefficient (Wildman–Crippen LogP) is 2.87. The molecule has 1 aromatic heterocycles. The van der Waals surface area contributed by atoms with Gasteiger partial charge in [-0.15, -0.1) is 0 Å². The standard InChI is InChI=1S/C14H15BrFN3O/c1-8-12(9(2)19(3)18-8)7-17-14(20)11-6-10(16)4-5-13(11)15/h4-6H,7H2,1-3H3,(H,17,20). The van der Waals surface area contributed by atoms with Crippen molar-refractivity contribution in [3.8, 4) is 0 Å². The Bertz CT molecular complexity index is 667. The van der Waals surface area contributed by atoms with Gasteiger partial charge in [0.05, 0.1) is 11.3 Å². The summed E-state index contributed by atoms with van der Waals surface area (Å²) in [5.41, 5.74) is 3.14. The van der Waals surface area contributed by atoms with Gasteiger partial charge in [0.1, 0.15) is 5.82 Å². The van der Waals surface area contributed by atoms with Crippen LogP contribution < -0.4 is 5.32 Å². The van der Waals surface area contributed by atoms with Gasteiger partial charge in [-0.25, -0.2) is 4.39 Å². The monoisotopic (exact) mass is 339 g/mol. The molecule has 6 heteroatoms. The predicted molar refractivity (Wildman–Crippen MR) is 78.0 cm³/mol. The molecule has 0 bridgehead atoms. The molecule has 106 valence electrons. The minimum Gasteiger partial charge on any atom is -0.348 e. The molecule has 1 N–H and O–H groups in total. The smallest absolute Gasteiger partial charge is 0.252 e. The highest BCUT2D eigenvalue weighted by atomic mass is 79.9. The SMILES string of the molecule is Cc1nn(C)c(C)c1CNC(=O)c1cc(F)ccc1Br. The van der Waals surface area contributed by atoms with Gasteiger partial charge in [0.25, 0.3) is 5.91 Å². The lowest BCUT2D eigenvalue weighted by molar-refractivity contribution is 0.0949. The molecule has 4 nitrogen and oxygen atoms in total. The van der Waals surface area contributed by atoms with Crippen LogP contribution in [0.2, 0.25) is 0 Å². The average Bonchev–Trinajstić information content (AvgIpc) is 2.64. The molecule has 2 aromatic rings. The van der Waals surface area contributed by atoms with Gasteiger partial charge in [-0.3, -0.25) is 9.48 Å². The summed E-state index contributed by atoms with van der Waals surface area (Å²) in [5.74, 6) is -0.758. The summed E-state index contributed by atoms with van der Waals surface area (Å²) in [6.07, 6.45) is 0. The van der Waals surface area contributed by atoms with Crippen LogP contribution in [0.5, 0.6) is 0 Å². The maximum absolute atomic E-state index is 13.2. The highest BCUT2D eigenvalue weighted by Crippen LogP contribution is 2.18. The summed E-state index contributed by atoms with van der Waals surface area (Å²) in [7, 11) is 1.86. The molecule has 0 aliphatic rings. The van der Waals surface area contributed by atoms with Gasteiger partial charge in [0, 0.05) is 29.3 Å². The second-order valence-corrected chi connectivity index (χ2v) is 5.43. The third-order valence-electron chi connectivity index (χ3n) is 3.26. The molecule has 0 fully saturated rings. The van der Waals surface area contributed by atoms with Crippen molar-refractivity contribution in [1.82, 2.24) is 15.1 Å². The van der Waals surface area contributed by atoms with E-state index in [0.29, 0.717) is 11.0 Å². The van der Waals surface area contributed by atoms with Crippen molar-refractivity contribution >= 4 is 21.8 Å². The van der Waals surface area contributed by atoms with Crippen LogP contribution in [-0.4, -0.2) is 15.7 Å². The minimum atomic E-state index is -0.438. The van der Waals surface area contributed by atoms with Crippen molar-refractivity contribution in [3.05, 3.63) is 51.0 Å². The van der Waals surface area contributed by atoms with Crippen molar-refractivity contribution in [2.45, 2.75) is 20.4 Å². The van der Waals surface area contributed by atoms with Crippen molar-refractivity contribution in [2.24, 2.45) is 7.05 Å². The lowest BCUT2D eigenvalue weighted by Gasteiger charge is -2.07. The summed E-state index contributed by atoms with van der Waals surface area (Å²) < 4.78 is 15.5. The summed E-state index contributed by atoms with van der Waals surface area (Å²) in [4.78, 5) is 12.1. The van der Waals surface area contributed by atoms with Crippen LogP contribution in [0, 0.1) is 19.7 Å². The second kappa shape index (κ2) is 5.75. The van der Waals surface area contributed by atoms with E-state index in [1.54, 1.807) is 4.68 Å². The Morgan fingerprint density at radius 2 is 2.15 bits per heavy atom. The van der Waals surface area contributed by atoms with Crippen LogP contribution in [0.15, 0.2) is 22.7 Å². The molecule has 0 saturated carbocycles. The highest BCUT2D eigenvalue weighted by molar-refractivity contribution is 9.10. The van der Waals surface area contributed by atoms with E-state index in [1.807, 2.05) is 20.9 Å². The number of carbonyl (C=O) groups is 1. The molecule has 0 unspecified atom stereocenters. The zero-order valence-corrected chi connectivity index (χ0v) is 13.1. The number of rotatable bonds is 3. The first-order valence-electron chi connectivity index (χ1n) is 6.12. The number of aromatic nitrogens is 2. The topological polar surface area (TPSA) is 46.9 Å². The van der Waals surface area contributed by atoms with E-state index in [0.717, 1.165) is 17.0 Å². The average molecular weight is 340 g/mol. The molecule has 1 amide bonds. The molecular weight excluding hydrogens is 325 g/mol. The Labute approximate surface area is 125 Å². The first-order valence-corrected chi connectivity index (χ1v) is 6.91. The normalized spacial score (nSPS) is 10.7. The third-order valence-corrected chi connectivity index (χ3v) is 3.95. The number of aryl methyl sites for hydroxylation is 2. The first-order chi connectivity index (χ1) is 9.40. The molecule has 1 heterocycles. The lowest BCUT2D eigenvalue weighted by atomic mass is 10.1. The van der Waals surface area contributed by atoms with Crippen molar-refractivity contribution in [2.75, 3.05) is 0 Å². The summed E-state index contributed by atoms with van der Waals surface area (Å²) in [6, 6.07) is 4.03. The highest BCUT2D eigenvalue weighted by Gasteiger charge is 2.14. The molecule has 20 heavy (non-hydrogen) atoms. The van der Waals surface area contributed by atoms with Crippen LogP contribution in [0.4, 0.5) is 4.39 Å². The van der Waals surface area contributed by atoms with E-state index in [4.69, 9.17) is 0 Å². The number of hydrogen-bond acceptors (Lipinski definition) is 2. The van der Waals surface area contributed by atoms with E-state index in [1.165, 1.54) is 18.2 Å². The van der Waals surface area contributed by atoms with Gasteiger partial charge in [0.15, 0.2) is 0 Å². The van der Waals surface area contributed by atoms with Gasteiger partial charge in [-0.1, -0.05) is 0 Å². The second-order valence-electron chi connectivity index (χ2n) is 4.58. The van der Waals surface area contributed by atoms with Gasteiger partial charge >= 0.3 is 0 Å². The van der Waals surface area contributed by atoms with Crippen molar-refractivity contribution < 1.29 is 9.18 Å². The number of carbonyl (C=O) groups excluding carboxylic acids is 1. The van der Waals surface area contributed by atoms with Crippen LogP contribution in [0.1, 0.15) is 27.3 Å². The Morgan fingerprint density at radius 3 is 2.75 bits per heavy atom. The zero-order valence-electron chi connectivity index (χ0n) is 11.5. The fourth-order valence-corrected chi connectivity index (χ4v) is 2.44. The zero-order chi connectivity index (χ0) is 14.9. The van der Waals surface area contributed by atoms with Gasteiger partial charge in [-0.05, 0) is 48.0 Å². The number of hydrogen-bond donors (Lipinski definition) is 1. The number of nitrogens with zero attached hydrogens (tertiary/aromatic N) is 2. The van der Waals surface area contributed by atoms with Crippen LogP contribution in [0.25, 0.3) is 0 Å². The molecule has 0 aliphatic carbocycles. The third kappa shape index (κ3) is 2.90. The summed E-state index contributed by atoms with van der Waals surface area (Å²) >= 11 is 3.25. The Morgan fingerprint density at radius 1 is 1.45 bits per heavy atom.